The summed E-state index contributed by atoms with van der Waals surface area (Å²) >= 11 is 0. The van der Waals surface area contributed by atoms with Gasteiger partial charge in [-0.05, 0) is 44.2 Å². The van der Waals surface area contributed by atoms with Crippen LogP contribution in [0.2, 0.25) is 0 Å². The van der Waals surface area contributed by atoms with Gasteiger partial charge in [-0.1, -0.05) is 12.5 Å². The fourth-order valence-electron chi connectivity index (χ4n) is 1.91. The minimum Gasteiger partial charge on any atom is -0.367 e. The van der Waals surface area contributed by atoms with Gasteiger partial charge in [-0.15, -0.1) is 0 Å². The van der Waals surface area contributed by atoms with Crippen molar-refractivity contribution in [2.45, 2.75) is 39.2 Å². The summed E-state index contributed by atoms with van der Waals surface area (Å²) in [5.41, 5.74) is 1.23. The van der Waals surface area contributed by atoms with Gasteiger partial charge in [0.2, 0.25) is 0 Å². The molecule has 1 N–H and O–H groups in total. The van der Waals surface area contributed by atoms with Gasteiger partial charge in [-0.25, -0.2) is 4.98 Å². The summed E-state index contributed by atoms with van der Waals surface area (Å²) < 4.78 is 0. The normalized spacial score (nSPS) is 18.7. The molecule has 0 bridgehead atoms. The summed E-state index contributed by atoms with van der Waals surface area (Å²) in [6.07, 6.45) is 6.00. The highest BCUT2D eigenvalue weighted by molar-refractivity contribution is 5.43. The van der Waals surface area contributed by atoms with Crippen LogP contribution >= 0.6 is 0 Å². The Kier molecular flexibility index (Phi) is 2.71. The Balaban J connectivity index is 1.99. The number of hydrogen-bond donors (Lipinski definition) is 1. The molecule has 14 heavy (non-hydrogen) atoms. The van der Waals surface area contributed by atoms with Crippen LogP contribution in [0.3, 0.4) is 0 Å². The van der Waals surface area contributed by atoms with E-state index in [1.165, 1.54) is 24.8 Å². The molecule has 0 spiro atoms. The second-order valence-electron chi connectivity index (χ2n) is 4.29. The van der Waals surface area contributed by atoms with Crippen LogP contribution in [0.4, 0.5) is 5.82 Å². The molecule has 2 nitrogen and oxygen atoms in total. The molecule has 1 heterocycles. The van der Waals surface area contributed by atoms with Gasteiger partial charge in [-0.3, -0.25) is 0 Å². The van der Waals surface area contributed by atoms with Gasteiger partial charge < -0.3 is 5.32 Å². The summed E-state index contributed by atoms with van der Waals surface area (Å²) in [6, 6.07) is 4.65. The predicted octanol–water partition coefficient (Wildman–Crippen LogP) is 2.99. The summed E-state index contributed by atoms with van der Waals surface area (Å²) in [4.78, 5) is 4.35. The van der Waals surface area contributed by atoms with Crippen molar-refractivity contribution in [2.24, 2.45) is 5.92 Å². The van der Waals surface area contributed by atoms with Crippen molar-refractivity contribution >= 4 is 5.82 Å². The van der Waals surface area contributed by atoms with Crippen LogP contribution in [-0.4, -0.2) is 11.0 Å². The average molecular weight is 190 g/mol. The fourth-order valence-corrected chi connectivity index (χ4v) is 1.91. The van der Waals surface area contributed by atoms with Crippen molar-refractivity contribution in [3.05, 3.63) is 23.9 Å². The number of nitrogens with zero attached hydrogens (tertiary/aromatic N) is 1. The van der Waals surface area contributed by atoms with Crippen molar-refractivity contribution in [3.8, 4) is 0 Å². The third kappa shape index (κ3) is 1.89. The maximum Gasteiger partial charge on any atom is 0.129 e. The Morgan fingerprint density at radius 1 is 1.50 bits per heavy atom. The molecule has 1 unspecified atom stereocenters. The van der Waals surface area contributed by atoms with Gasteiger partial charge in [0.1, 0.15) is 5.82 Å². The molecule has 0 saturated heterocycles. The van der Waals surface area contributed by atoms with E-state index in [4.69, 9.17) is 0 Å². The lowest BCUT2D eigenvalue weighted by Crippen LogP contribution is -2.31. The van der Waals surface area contributed by atoms with Crippen LogP contribution in [0, 0.1) is 12.8 Å². The van der Waals surface area contributed by atoms with Crippen molar-refractivity contribution in [2.75, 3.05) is 5.32 Å². The Hall–Kier alpha value is -1.05. The van der Waals surface area contributed by atoms with E-state index in [1.54, 1.807) is 0 Å². The first-order valence-electron chi connectivity index (χ1n) is 5.45. The van der Waals surface area contributed by atoms with E-state index in [9.17, 15) is 0 Å². The van der Waals surface area contributed by atoms with E-state index >= 15 is 0 Å². The van der Waals surface area contributed by atoms with E-state index in [2.05, 4.69) is 30.2 Å². The number of anilines is 1. The van der Waals surface area contributed by atoms with Gasteiger partial charge in [0.25, 0.3) is 0 Å². The summed E-state index contributed by atoms with van der Waals surface area (Å²) in [6.45, 7) is 4.36. The first kappa shape index (κ1) is 9.50. The number of nitrogens with one attached hydrogen (secondary N) is 1. The lowest BCUT2D eigenvalue weighted by atomic mass is 9.80. The lowest BCUT2D eigenvalue weighted by molar-refractivity contribution is 0.285. The molecular weight excluding hydrogens is 172 g/mol. The highest BCUT2D eigenvalue weighted by atomic mass is 15.0. The molecule has 0 aliphatic heterocycles. The smallest absolute Gasteiger partial charge is 0.129 e. The first-order chi connectivity index (χ1) is 6.77. The number of pyridine rings is 1. The van der Waals surface area contributed by atoms with E-state index in [0.29, 0.717) is 6.04 Å². The molecule has 1 aromatic rings. The zero-order chi connectivity index (χ0) is 9.97. The summed E-state index contributed by atoms with van der Waals surface area (Å²) in [5, 5.41) is 3.50. The lowest BCUT2D eigenvalue weighted by Gasteiger charge is -2.32. The molecule has 2 rings (SSSR count). The monoisotopic (exact) mass is 190 g/mol. The van der Waals surface area contributed by atoms with Crippen molar-refractivity contribution < 1.29 is 0 Å². The second-order valence-corrected chi connectivity index (χ2v) is 4.29. The van der Waals surface area contributed by atoms with Crippen LogP contribution in [0.1, 0.15) is 31.7 Å². The third-order valence-electron chi connectivity index (χ3n) is 3.23. The molecule has 1 atom stereocenters. The third-order valence-corrected chi connectivity index (χ3v) is 3.23. The molecule has 1 saturated carbocycles. The maximum atomic E-state index is 4.35. The van der Waals surface area contributed by atoms with E-state index < -0.39 is 0 Å². The second kappa shape index (κ2) is 3.99. The zero-order valence-corrected chi connectivity index (χ0v) is 8.96. The number of hydrogen-bond acceptors (Lipinski definition) is 2. The van der Waals surface area contributed by atoms with Crippen LogP contribution in [-0.2, 0) is 0 Å². The minimum absolute atomic E-state index is 0.567. The molecule has 1 aromatic heterocycles. The molecule has 76 valence electrons. The zero-order valence-electron chi connectivity index (χ0n) is 8.96. The van der Waals surface area contributed by atoms with E-state index in [1.807, 2.05) is 12.3 Å². The van der Waals surface area contributed by atoms with E-state index in [0.717, 1.165) is 11.7 Å². The Bertz CT molecular complexity index is 305. The van der Waals surface area contributed by atoms with Crippen LogP contribution in [0.15, 0.2) is 18.3 Å². The number of rotatable bonds is 3. The fraction of sp³-hybridized carbons (Fsp3) is 0.583. The Labute approximate surface area is 85.7 Å². The van der Waals surface area contributed by atoms with Crippen molar-refractivity contribution in [3.63, 3.8) is 0 Å². The van der Waals surface area contributed by atoms with E-state index in [-0.39, 0.29) is 0 Å². The van der Waals surface area contributed by atoms with Gasteiger partial charge in [-0.2, -0.15) is 0 Å². The Morgan fingerprint density at radius 2 is 2.29 bits per heavy atom. The molecule has 1 aliphatic rings. The van der Waals surface area contributed by atoms with Crippen LogP contribution < -0.4 is 5.32 Å². The van der Waals surface area contributed by atoms with Crippen molar-refractivity contribution in [1.82, 2.24) is 4.98 Å². The molecule has 2 heteroatoms. The molecule has 1 aliphatic carbocycles. The molecule has 1 fully saturated rings. The van der Waals surface area contributed by atoms with Gasteiger partial charge in [0.05, 0.1) is 0 Å². The van der Waals surface area contributed by atoms with Crippen LogP contribution in [0.25, 0.3) is 0 Å². The average Bonchev–Trinajstić information content (AvgIpc) is 2.05. The number of aryl methyl sites for hydroxylation is 1. The molecular formula is C12H18N2. The maximum absolute atomic E-state index is 4.35. The van der Waals surface area contributed by atoms with Gasteiger partial charge in [0.15, 0.2) is 0 Å². The minimum atomic E-state index is 0.567. The predicted molar refractivity (Wildman–Crippen MR) is 59.4 cm³/mol. The molecule has 0 radical (unpaired) electrons. The van der Waals surface area contributed by atoms with Crippen LogP contribution in [0.5, 0.6) is 0 Å². The molecule has 0 aromatic carbocycles. The highest BCUT2D eigenvalue weighted by Gasteiger charge is 2.23. The quantitative estimate of drug-likeness (QED) is 0.792. The highest BCUT2D eigenvalue weighted by Crippen LogP contribution is 2.30. The molecule has 0 amide bonds. The van der Waals surface area contributed by atoms with Crippen molar-refractivity contribution in [1.29, 1.82) is 0 Å². The summed E-state index contributed by atoms with van der Waals surface area (Å²) in [7, 11) is 0. The standard InChI is InChI=1S/C12H18N2/c1-9-5-4-8-13-12(9)14-10(2)11-6-3-7-11/h4-5,8,10-11H,3,6-7H2,1-2H3,(H,13,14). The summed E-state index contributed by atoms with van der Waals surface area (Å²) in [5.74, 6) is 1.91. The SMILES string of the molecule is Cc1cccnc1NC(C)C1CCC1. The topological polar surface area (TPSA) is 24.9 Å². The largest absolute Gasteiger partial charge is 0.367 e. The Morgan fingerprint density at radius 3 is 2.86 bits per heavy atom. The number of aromatic nitrogens is 1. The first-order valence-corrected chi connectivity index (χ1v) is 5.45. The van der Waals surface area contributed by atoms with Gasteiger partial charge in [0, 0.05) is 12.2 Å². The van der Waals surface area contributed by atoms with Gasteiger partial charge >= 0.3 is 0 Å².